The summed E-state index contributed by atoms with van der Waals surface area (Å²) in [4.78, 5) is 19.9. The number of H-pyrrole nitrogens is 1. The molecule has 6 heteroatoms. The molecule has 6 nitrogen and oxygen atoms in total. The zero-order chi connectivity index (χ0) is 33.6. The van der Waals surface area contributed by atoms with Crippen LogP contribution in [0.1, 0.15) is 87.1 Å². The number of nitrogens with zero attached hydrogens (tertiary/aromatic N) is 1. The minimum Gasteiger partial charge on any atom is -0.482 e. The van der Waals surface area contributed by atoms with Gasteiger partial charge in [-0.05, 0) is 118 Å². The Hall–Kier alpha value is -4.42. The summed E-state index contributed by atoms with van der Waals surface area (Å²) >= 11 is 0. The molecule has 0 spiro atoms. The highest BCUT2D eigenvalue weighted by atomic mass is 16.5. The Kier molecular flexibility index (Phi) is 8.41. The quantitative estimate of drug-likeness (QED) is 0.149. The van der Waals surface area contributed by atoms with E-state index in [9.17, 15) is 9.90 Å². The Morgan fingerprint density at radius 2 is 1.81 bits per heavy atom. The lowest BCUT2D eigenvalue weighted by Crippen LogP contribution is -2.50. The van der Waals surface area contributed by atoms with Crippen molar-refractivity contribution >= 4 is 17.0 Å². The average molecular weight is 643 g/mol. The third-order valence-corrected chi connectivity index (χ3v) is 11.4. The van der Waals surface area contributed by atoms with Crippen molar-refractivity contribution in [1.82, 2.24) is 9.97 Å². The smallest absolute Gasteiger partial charge is 0.341 e. The SMILES string of the molecule is CC(C)c1ccc2c(c1)CC[C@H]1[C@@](C)(Cc3c(-c4cccc(CO)c4)ccc4[nH]c(-c5cccc(OCC(=O)O)c5)nc34)CCC[C@]21C. The second kappa shape index (κ2) is 12.6. The van der Waals surface area contributed by atoms with Crippen molar-refractivity contribution in [2.24, 2.45) is 11.3 Å². The Bertz CT molecular complexity index is 1990. The maximum absolute atomic E-state index is 11.1. The van der Waals surface area contributed by atoms with Crippen molar-refractivity contribution in [2.45, 2.75) is 84.2 Å². The van der Waals surface area contributed by atoms with E-state index in [1.165, 1.54) is 36.8 Å². The van der Waals surface area contributed by atoms with Gasteiger partial charge in [0, 0.05) is 5.56 Å². The molecule has 7 rings (SSSR count). The van der Waals surface area contributed by atoms with Crippen molar-refractivity contribution in [1.29, 1.82) is 0 Å². The normalized spacial score (nSPS) is 22.0. The number of carboxylic acid groups (broad SMARTS) is 1. The van der Waals surface area contributed by atoms with E-state index < -0.39 is 12.6 Å². The van der Waals surface area contributed by atoms with Crippen LogP contribution in [0.25, 0.3) is 33.5 Å². The van der Waals surface area contributed by atoms with E-state index in [2.05, 4.69) is 75.1 Å². The number of ether oxygens (including phenoxy) is 1. The minimum absolute atomic E-state index is 0.00562. The van der Waals surface area contributed by atoms with Gasteiger partial charge in [-0.25, -0.2) is 9.78 Å². The maximum atomic E-state index is 11.1. The molecule has 1 fully saturated rings. The molecule has 5 aromatic rings. The molecule has 0 amide bonds. The third kappa shape index (κ3) is 5.81. The van der Waals surface area contributed by atoms with Crippen LogP contribution in [-0.2, 0) is 29.7 Å². The fourth-order valence-electron chi connectivity index (χ4n) is 9.05. The van der Waals surface area contributed by atoms with Crippen LogP contribution < -0.4 is 4.74 Å². The van der Waals surface area contributed by atoms with Gasteiger partial charge in [0.25, 0.3) is 0 Å². The third-order valence-electron chi connectivity index (χ3n) is 11.4. The van der Waals surface area contributed by atoms with Crippen molar-refractivity contribution in [3.05, 3.63) is 107 Å². The number of aromatic amines is 1. The molecule has 0 radical (unpaired) electrons. The highest BCUT2D eigenvalue weighted by Gasteiger charge is 2.52. The van der Waals surface area contributed by atoms with Crippen LogP contribution in [-0.4, -0.2) is 32.8 Å². The molecule has 3 atom stereocenters. The molecule has 0 saturated heterocycles. The average Bonchev–Trinajstić information content (AvgIpc) is 3.52. The second-order valence-corrected chi connectivity index (χ2v) is 14.9. The van der Waals surface area contributed by atoms with Gasteiger partial charge >= 0.3 is 5.97 Å². The first kappa shape index (κ1) is 32.1. The Labute approximate surface area is 283 Å². The van der Waals surface area contributed by atoms with Gasteiger partial charge in [0.05, 0.1) is 17.6 Å². The van der Waals surface area contributed by atoms with E-state index >= 15 is 0 Å². The number of aliphatic hydroxyl groups is 1. The number of nitrogens with one attached hydrogen (secondary N) is 1. The van der Waals surface area contributed by atoms with Gasteiger partial charge in [-0.2, -0.15) is 0 Å². The number of fused-ring (bicyclic) bond motifs is 4. The predicted molar refractivity (Wildman–Crippen MR) is 191 cm³/mol. The number of aryl methyl sites for hydroxylation is 1. The number of aromatic nitrogens is 2. The number of hydrogen-bond acceptors (Lipinski definition) is 4. The summed E-state index contributed by atoms with van der Waals surface area (Å²) in [7, 11) is 0. The van der Waals surface area contributed by atoms with E-state index in [0.717, 1.165) is 52.0 Å². The number of hydrogen-bond donors (Lipinski definition) is 3. The molecule has 248 valence electrons. The molecular formula is C42H46N2O4. The fraction of sp³-hybridized carbons (Fsp3) is 0.381. The van der Waals surface area contributed by atoms with E-state index in [-0.39, 0.29) is 17.4 Å². The summed E-state index contributed by atoms with van der Waals surface area (Å²) in [6.45, 7) is 9.21. The Balaban J connectivity index is 1.33. The lowest BCUT2D eigenvalue weighted by molar-refractivity contribution is -0.139. The highest BCUT2D eigenvalue weighted by Crippen LogP contribution is 2.59. The zero-order valence-corrected chi connectivity index (χ0v) is 28.5. The van der Waals surface area contributed by atoms with E-state index in [4.69, 9.17) is 14.8 Å². The number of aliphatic hydroxyl groups excluding tert-OH is 1. The van der Waals surface area contributed by atoms with Crippen LogP contribution in [0.4, 0.5) is 0 Å². The van der Waals surface area contributed by atoms with Gasteiger partial charge in [-0.15, -0.1) is 0 Å². The van der Waals surface area contributed by atoms with Crippen LogP contribution in [0.5, 0.6) is 5.75 Å². The Morgan fingerprint density at radius 3 is 2.60 bits per heavy atom. The number of benzene rings is 4. The van der Waals surface area contributed by atoms with Crippen LogP contribution in [0.15, 0.2) is 78.9 Å². The zero-order valence-electron chi connectivity index (χ0n) is 28.5. The van der Waals surface area contributed by atoms with Crippen LogP contribution >= 0.6 is 0 Å². The van der Waals surface area contributed by atoms with Crippen molar-refractivity contribution in [3.8, 4) is 28.3 Å². The molecule has 1 saturated carbocycles. The molecular weight excluding hydrogens is 596 g/mol. The molecule has 3 N–H and O–H groups in total. The first-order valence-electron chi connectivity index (χ1n) is 17.4. The summed E-state index contributed by atoms with van der Waals surface area (Å²) in [5.41, 5.74) is 11.8. The van der Waals surface area contributed by atoms with Crippen molar-refractivity contribution in [3.63, 3.8) is 0 Å². The number of imidazole rings is 1. The second-order valence-electron chi connectivity index (χ2n) is 14.9. The summed E-state index contributed by atoms with van der Waals surface area (Å²) in [5.74, 6) is 1.26. The molecule has 48 heavy (non-hydrogen) atoms. The Morgan fingerprint density at radius 1 is 1.00 bits per heavy atom. The van der Waals surface area contributed by atoms with E-state index in [0.29, 0.717) is 17.6 Å². The van der Waals surface area contributed by atoms with Gasteiger partial charge in [0.2, 0.25) is 0 Å². The maximum Gasteiger partial charge on any atom is 0.341 e. The van der Waals surface area contributed by atoms with Gasteiger partial charge < -0.3 is 19.9 Å². The number of aliphatic carboxylic acids is 1. The van der Waals surface area contributed by atoms with Crippen LogP contribution in [0, 0.1) is 11.3 Å². The van der Waals surface area contributed by atoms with Crippen LogP contribution in [0.3, 0.4) is 0 Å². The molecule has 0 bridgehead atoms. The standard InChI is InChI=1S/C42H46N2O4/c1-26(2)28-12-15-35-30(21-28)13-17-37-41(3,18-7-19-42(35,37)4)23-34-33(29-9-5-8-27(20-29)24-45)14-16-36-39(34)44-40(43-36)31-10-6-11-32(22-31)48-25-38(46)47/h5-6,8-12,14-16,20-22,26,37,45H,7,13,17-19,23-25H2,1-4H3,(H,43,44)(H,46,47)/t37-,41+,42+/m0/s1. The van der Waals surface area contributed by atoms with E-state index in [1.54, 1.807) is 17.2 Å². The summed E-state index contributed by atoms with van der Waals surface area (Å²) < 4.78 is 5.48. The molecule has 0 aliphatic heterocycles. The molecule has 0 unspecified atom stereocenters. The largest absolute Gasteiger partial charge is 0.482 e. The van der Waals surface area contributed by atoms with Gasteiger partial charge in [0.15, 0.2) is 6.61 Å². The molecule has 4 aromatic carbocycles. The van der Waals surface area contributed by atoms with Gasteiger partial charge in [-0.1, -0.05) is 88.7 Å². The lowest BCUT2D eigenvalue weighted by Gasteiger charge is -2.56. The van der Waals surface area contributed by atoms with Crippen LogP contribution in [0.2, 0.25) is 0 Å². The first-order chi connectivity index (χ1) is 23.1. The number of carboxylic acids is 1. The van der Waals surface area contributed by atoms with Gasteiger partial charge in [-0.3, -0.25) is 0 Å². The number of rotatable bonds is 9. The monoisotopic (exact) mass is 642 g/mol. The summed E-state index contributed by atoms with van der Waals surface area (Å²) in [6, 6.07) is 27.3. The highest BCUT2D eigenvalue weighted by molar-refractivity contribution is 5.89. The first-order valence-corrected chi connectivity index (χ1v) is 17.4. The molecule has 2 aliphatic carbocycles. The summed E-state index contributed by atoms with van der Waals surface area (Å²) in [6.07, 6.45) is 6.77. The van der Waals surface area contributed by atoms with Crippen molar-refractivity contribution < 1.29 is 19.7 Å². The lowest BCUT2D eigenvalue weighted by atomic mass is 9.48. The summed E-state index contributed by atoms with van der Waals surface area (Å²) in [5, 5.41) is 19.1. The number of carbonyl (C=O) groups is 1. The molecule has 2 aliphatic rings. The minimum atomic E-state index is -1.01. The fourth-order valence-corrected chi connectivity index (χ4v) is 9.05. The topological polar surface area (TPSA) is 95.4 Å². The predicted octanol–water partition coefficient (Wildman–Crippen LogP) is 9.23. The van der Waals surface area contributed by atoms with Gasteiger partial charge in [0.1, 0.15) is 11.6 Å². The van der Waals surface area contributed by atoms with E-state index in [1.807, 2.05) is 30.3 Å². The molecule has 1 heterocycles. The van der Waals surface area contributed by atoms with Crippen molar-refractivity contribution in [2.75, 3.05) is 6.61 Å². The molecule has 1 aromatic heterocycles.